The van der Waals surface area contributed by atoms with Crippen molar-refractivity contribution >= 4 is 22.5 Å². The van der Waals surface area contributed by atoms with E-state index in [0.29, 0.717) is 51.1 Å². The molecule has 0 aliphatic heterocycles. The Kier molecular flexibility index (Phi) is 6.19. The maximum Gasteiger partial charge on any atom is 0.256 e. The Morgan fingerprint density at radius 1 is 0.889 bits per heavy atom. The summed E-state index contributed by atoms with van der Waals surface area (Å²) in [5, 5.41) is 7.94. The van der Waals surface area contributed by atoms with Gasteiger partial charge < -0.3 is 19.5 Å². The van der Waals surface area contributed by atoms with Crippen LogP contribution in [0.2, 0.25) is 0 Å². The van der Waals surface area contributed by atoms with E-state index < -0.39 is 0 Å². The van der Waals surface area contributed by atoms with Gasteiger partial charge in [-0.2, -0.15) is 5.10 Å². The summed E-state index contributed by atoms with van der Waals surface area (Å²) in [7, 11) is 4.66. The molecular formula is C27H23N5O4. The number of methoxy groups -OCH3 is 3. The number of hydrogen-bond acceptors (Lipinski definition) is 7. The fourth-order valence-electron chi connectivity index (χ4n) is 4.00. The van der Waals surface area contributed by atoms with E-state index in [1.54, 1.807) is 81.0 Å². The van der Waals surface area contributed by atoms with Crippen LogP contribution in [0, 0.1) is 0 Å². The fourth-order valence-corrected chi connectivity index (χ4v) is 4.00. The zero-order chi connectivity index (χ0) is 25.1. The zero-order valence-electron chi connectivity index (χ0n) is 19.9. The van der Waals surface area contributed by atoms with Gasteiger partial charge in [-0.1, -0.05) is 18.2 Å². The predicted molar refractivity (Wildman–Crippen MR) is 136 cm³/mol. The number of ether oxygens (including phenoxy) is 3. The van der Waals surface area contributed by atoms with Crippen molar-refractivity contribution in [3.8, 4) is 34.3 Å². The lowest BCUT2D eigenvalue weighted by Crippen LogP contribution is -2.15. The molecule has 36 heavy (non-hydrogen) atoms. The molecule has 0 radical (unpaired) electrons. The van der Waals surface area contributed by atoms with Crippen LogP contribution in [0.4, 0.5) is 5.69 Å². The van der Waals surface area contributed by atoms with Crippen LogP contribution in [-0.2, 0) is 0 Å². The summed E-state index contributed by atoms with van der Waals surface area (Å²) in [6, 6.07) is 18.2. The Balaban J connectivity index is 1.62. The molecule has 0 bridgehead atoms. The number of amides is 1. The smallest absolute Gasteiger partial charge is 0.256 e. The second-order valence-electron chi connectivity index (χ2n) is 7.77. The highest BCUT2D eigenvalue weighted by Crippen LogP contribution is 2.41. The Labute approximate surface area is 207 Å². The molecule has 0 fully saturated rings. The molecule has 0 aliphatic carbocycles. The van der Waals surface area contributed by atoms with E-state index in [4.69, 9.17) is 19.2 Å². The van der Waals surface area contributed by atoms with Crippen molar-refractivity contribution in [1.29, 1.82) is 0 Å². The SMILES string of the molecule is COc1cc(-c2cc(C(=O)Nc3cccnc3-n3cccn3)c3ccccc3n2)cc(OC)c1OC. The molecule has 180 valence electrons. The van der Waals surface area contributed by atoms with Crippen molar-refractivity contribution in [2.45, 2.75) is 0 Å². The first-order valence-electron chi connectivity index (χ1n) is 11.1. The van der Waals surface area contributed by atoms with Crippen molar-refractivity contribution in [2.24, 2.45) is 0 Å². The van der Waals surface area contributed by atoms with Crippen LogP contribution in [0.15, 0.2) is 79.3 Å². The molecule has 0 aliphatic rings. The number of carbonyl (C=O) groups is 1. The topological polar surface area (TPSA) is 100 Å². The molecule has 0 atom stereocenters. The number of para-hydroxylation sites is 1. The van der Waals surface area contributed by atoms with Crippen LogP contribution in [0.1, 0.15) is 10.4 Å². The Morgan fingerprint density at radius 3 is 2.36 bits per heavy atom. The number of rotatable bonds is 7. The highest BCUT2D eigenvalue weighted by atomic mass is 16.5. The van der Waals surface area contributed by atoms with Crippen molar-refractivity contribution in [2.75, 3.05) is 26.6 Å². The van der Waals surface area contributed by atoms with Gasteiger partial charge in [0.05, 0.1) is 43.8 Å². The quantitative estimate of drug-likeness (QED) is 0.358. The van der Waals surface area contributed by atoms with E-state index >= 15 is 0 Å². The van der Waals surface area contributed by atoms with Crippen LogP contribution in [-0.4, -0.2) is 47.0 Å². The van der Waals surface area contributed by atoms with E-state index in [1.807, 2.05) is 24.3 Å². The molecule has 9 nitrogen and oxygen atoms in total. The first-order chi connectivity index (χ1) is 17.6. The van der Waals surface area contributed by atoms with E-state index in [2.05, 4.69) is 15.4 Å². The third-order valence-corrected chi connectivity index (χ3v) is 5.68. The third-order valence-electron chi connectivity index (χ3n) is 5.68. The average Bonchev–Trinajstić information content (AvgIpc) is 3.46. The molecule has 3 aromatic heterocycles. The number of hydrogen-bond donors (Lipinski definition) is 1. The van der Waals surface area contributed by atoms with Gasteiger partial charge in [-0.15, -0.1) is 0 Å². The van der Waals surface area contributed by atoms with E-state index in [9.17, 15) is 4.79 Å². The van der Waals surface area contributed by atoms with Gasteiger partial charge in [0, 0.05) is 29.5 Å². The largest absolute Gasteiger partial charge is 0.493 e. The van der Waals surface area contributed by atoms with Gasteiger partial charge in [-0.3, -0.25) is 4.79 Å². The fraction of sp³-hybridized carbons (Fsp3) is 0.111. The second kappa shape index (κ2) is 9.75. The minimum Gasteiger partial charge on any atom is -0.493 e. The Morgan fingerprint density at radius 2 is 1.67 bits per heavy atom. The number of fused-ring (bicyclic) bond motifs is 1. The highest BCUT2D eigenvalue weighted by molar-refractivity contribution is 6.13. The standard InChI is InChI=1S/C27H23N5O4/c1-34-23-14-17(15-24(35-2)25(23)36-3)22-16-19(18-8-4-5-9-20(18)30-22)27(33)31-21-10-6-11-28-26(21)32-13-7-12-29-32/h4-16H,1-3H3,(H,31,33). The van der Waals surface area contributed by atoms with E-state index in [-0.39, 0.29) is 5.91 Å². The van der Waals surface area contributed by atoms with Crippen LogP contribution in [0.25, 0.3) is 28.0 Å². The number of pyridine rings is 2. The van der Waals surface area contributed by atoms with E-state index in [1.165, 1.54) is 0 Å². The number of benzene rings is 2. The number of aromatic nitrogens is 4. The molecule has 1 amide bonds. The normalized spacial score (nSPS) is 10.8. The number of nitrogens with zero attached hydrogens (tertiary/aromatic N) is 4. The first-order valence-corrected chi connectivity index (χ1v) is 11.1. The maximum atomic E-state index is 13.6. The van der Waals surface area contributed by atoms with Gasteiger partial charge in [0.1, 0.15) is 0 Å². The Bertz CT molecular complexity index is 1520. The highest BCUT2D eigenvalue weighted by Gasteiger charge is 2.19. The molecule has 0 spiro atoms. The van der Waals surface area contributed by atoms with Gasteiger partial charge in [-0.25, -0.2) is 14.6 Å². The number of nitrogens with one attached hydrogen (secondary N) is 1. The summed E-state index contributed by atoms with van der Waals surface area (Å²) >= 11 is 0. The van der Waals surface area contributed by atoms with Gasteiger partial charge >= 0.3 is 0 Å². The Hall–Kier alpha value is -4.92. The second-order valence-corrected chi connectivity index (χ2v) is 7.77. The monoisotopic (exact) mass is 481 g/mol. The van der Waals surface area contributed by atoms with Crippen molar-refractivity contribution in [1.82, 2.24) is 19.7 Å². The zero-order valence-corrected chi connectivity index (χ0v) is 19.9. The molecule has 9 heteroatoms. The minimum atomic E-state index is -0.302. The van der Waals surface area contributed by atoms with Gasteiger partial charge in [0.2, 0.25) is 5.75 Å². The first kappa shape index (κ1) is 22.9. The lowest BCUT2D eigenvalue weighted by molar-refractivity contribution is 0.102. The predicted octanol–water partition coefficient (Wildman–Crippen LogP) is 4.76. The molecule has 2 aromatic carbocycles. The number of carbonyl (C=O) groups excluding carboxylic acids is 1. The van der Waals surface area contributed by atoms with Crippen LogP contribution >= 0.6 is 0 Å². The third kappa shape index (κ3) is 4.18. The summed E-state index contributed by atoms with van der Waals surface area (Å²) < 4.78 is 18.1. The van der Waals surface area contributed by atoms with Crippen molar-refractivity contribution in [3.05, 3.63) is 84.8 Å². The summed E-state index contributed by atoms with van der Waals surface area (Å²) in [6.07, 6.45) is 5.07. The van der Waals surface area contributed by atoms with E-state index in [0.717, 1.165) is 5.39 Å². The van der Waals surface area contributed by atoms with Gasteiger partial charge in [0.25, 0.3) is 5.91 Å². The molecule has 0 saturated heterocycles. The van der Waals surface area contributed by atoms with Crippen LogP contribution in [0.5, 0.6) is 17.2 Å². The minimum absolute atomic E-state index is 0.302. The molecule has 1 N–H and O–H groups in total. The maximum absolute atomic E-state index is 13.6. The molecular weight excluding hydrogens is 458 g/mol. The molecule has 3 heterocycles. The molecule has 5 aromatic rings. The number of anilines is 1. The molecule has 5 rings (SSSR count). The van der Waals surface area contributed by atoms with Crippen molar-refractivity contribution in [3.63, 3.8) is 0 Å². The van der Waals surface area contributed by atoms with Crippen LogP contribution in [0.3, 0.4) is 0 Å². The lowest BCUT2D eigenvalue weighted by Gasteiger charge is -2.15. The lowest BCUT2D eigenvalue weighted by atomic mass is 10.0. The van der Waals surface area contributed by atoms with Crippen LogP contribution < -0.4 is 19.5 Å². The summed E-state index contributed by atoms with van der Waals surface area (Å²) in [4.78, 5) is 22.8. The summed E-state index contributed by atoms with van der Waals surface area (Å²) in [6.45, 7) is 0. The van der Waals surface area contributed by atoms with Gasteiger partial charge in [0.15, 0.2) is 17.3 Å². The summed E-state index contributed by atoms with van der Waals surface area (Å²) in [5.74, 6) is 1.67. The van der Waals surface area contributed by atoms with Crippen molar-refractivity contribution < 1.29 is 19.0 Å². The average molecular weight is 482 g/mol. The molecule has 0 saturated carbocycles. The summed E-state index contributed by atoms with van der Waals surface area (Å²) in [5.41, 5.74) is 2.95. The van der Waals surface area contributed by atoms with Gasteiger partial charge in [-0.05, 0) is 42.5 Å². The molecule has 0 unspecified atom stereocenters.